The van der Waals surface area contributed by atoms with Crippen molar-refractivity contribution in [2.75, 3.05) is 19.4 Å². The Morgan fingerprint density at radius 2 is 2.35 bits per heavy atom. The van der Waals surface area contributed by atoms with Gasteiger partial charge in [-0.3, -0.25) is 9.36 Å². The molecule has 1 aromatic rings. The van der Waals surface area contributed by atoms with Gasteiger partial charge in [-0.2, -0.15) is 0 Å². The number of nitrogens with zero attached hydrogens (tertiary/aromatic N) is 2. The van der Waals surface area contributed by atoms with Gasteiger partial charge < -0.3 is 10.1 Å². The van der Waals surface area contributed by atoms with Gasteiger partial charge in [0.1, 0.15) is 5.54 Å². The molecule has 0 aliphatic heterocycles. The van der Waals surface area contributed by atoms with Crippen LogP contribution in [0.2, 0.25) is 0 Å². The average molecular weight is 300 g/mol. The summed E-state index contributed by atoms with van der Waals surface area (Å²) in [5.74, 6) is 0.546. The van der Waals surface area contributed by atoms with Crippen LogP contribution >= 0.6 is 11.8 Å². The summed E-state index contributed by atoms with van der Waals surface area (Å²) in [6.07, 6.45) is 2.03. The van der Waals surface area contributed by atoms with Crippen LogP contribution in [0.25, 0.3) is 0 Å². The van der Waals surface area contributed by atoms with Crippen molar-refractivity contribution in [3.05, 3.63) is 10.5 Å². The normalized spacial score (nSPS) is 17.8. The molecule has 2 N–H and O–H groups in total. The van der Waals surface area contributed by atoms with E-state index in [1.807, 2.05) is 6.92 Å². The summed E-state index contributed by atoms with van der Waals surface area (Å²) in [5.41, 5.74) is -0.950. The molecular weight excluding hydrogens is 280 g/mol. The molecule has 0 saturated heterocycles. The van der Waals surface area contributed by atoms with E-state index in [2.05, 4.69) is 15.5 Å². The number of rotatable bonds is 7. The number of carbonyl (C=O) groups is 1. The van der Waals surface area contributed by atoms with Crippen molar-refractivity contribution in [1.29, 1.82) is 0 Å². The summed E-state index contributed by atoms with van der Waals surface area (Å²) in [7, 11) is 3.06. The van der Waals surface area contributed by atoms with Crippen LogP contribution < -0.4 is 11.0 Å². The summed E-state index contributed by atoms with van der Waals surface area (Å²) >= 11 is 1.38. The number of aromatic nitrogens is 3. The van der Waals surface area contributed by atoms with E-state index in [9.17, 15) is 9.59 Å². The van der Waals surface area contributed by atoms with Gasteiger partial charge in [0.05, 0.1) is 7.11 Å². The number of thioether (sulfide) groups is 1. The Morgan fingerprint density at radius 1 is 1.65 bits per heavy atom. The van der Waals surface area contributed by atoms with Gasteiger partial charge >= 0.3 is 11.7 Å². The van der Waals surface area contributed by atoms with Crippen molar-refractivity contribution >= 4 is 17.7 Å². The van der Waals surface area contributed by atoms with E-state index in [1.165, 1.54) is 23.4 Å². The second kappa shape index (κ2) is 6.01. The number of aromatic amines is 1. The molecule has 1 aliphatic rings. The van der Waals surface area contributed by atoms with Crippen LogP contribution in [0, 0.1) is 5.92 Å². The van der Waals surface area contributed by atoms with E-state index < -0.39 is 5.54 Å². The van der Waals surface area contributed by atoms with Crippen molar-refractivity contribution in [3.63, 3.8) is 0 Å². The zero-order valence-electron chi connectivity index (χ0n) is 11.9. The van der Waals surface area contributed by atoms with Crippen molar-refractivity contribution in [2.24, 2.45) is 13.0 Å². The van der Waals surface area contributed by atoms with Crippen LogP contribution in [0.5, 0.6) is 0 Å². The summed E-state index contributed by atoms with van der Waals surface area (Å²) in [5, 5.41) is 10.2. The molecule has 1 heterocycles. The standard InChI is InChI=1S/C12H20N4O3S/c1-4-13-12(8-5-6-8,9(17)19-3)7-20-11-15-14-10(18)16(11)2/h8,13H,4-7H2,1-3H3,(H,14,18). The van der Waals surface area contributed by atoms with Crippen molar-refractivity contribution in [1.82, 2.24) is 20.1 Å². The molecule has 1 aliphatic carbocycles. The van der Waals surface area contributed by atoms with Crippen LogP contribution in [0.15, 0.2) is 9.95 Å². The minimum atomic E-state index is -0.691. The van der Waals surface area contributed by atoms with Gasteiger partial charge in [-0.05, 0) is 25.3 Å². The highest BCUT2D eigenvalue weighted by Gasteiger charge is 2.51. The fourth-order valence-electron chi connectivity index (χ4n) is 2.32. The van der Waals surface area contributed by atoms with Gasteiger partial charge in [0, 0.05) is 12.8 Å². The fourth-order valence-corrected chi connectivity index (χ4v) is 3.52. The van der Waals surface area contributed by atoms with Gasteiger partial charge in [0.2, 0.25) is 0 Å². The van der Waals surface area contributed by atoms with Gasteiger partial charge in [-0.15, -0.1) is 5.10 Å². The molecule has 0 amide bonds. The van der Waals surface area contributed by atoms with Crippen LogP contribution in [-0.2, 0) is 16.6 Å². The van der Waals surface area contributed by atoms with Crippen LogP contribution in [-0.4, -0.2) is 45.7 Å². The van der Waals surface area contributed by atoms with Gasteiger partial charge in [-0.1, -0.05) is 18.7 Å². The third-order valence-electron chi connectivity index (χ3n) is 3.58. The summed E-state index contributed by atoms with van der Waals surface area (Å²) in [4.78, 5) is 23.6. The maximum Gasteiger partial charge on any atom is 0.343 e. The predicted molar refractivity (Wildman–Crippen MR) is 75.7 cm³/mol. The first kappa shape index (κ1) is 15.1. The Bertz CT molecular complexity index is 537. The minimum Gasteiger partial charge on any atom is -0.468 e. The third kappa shape index (κ3) is 2.76. The van der Waals surface area contributed by atoms with E-state index in [1.54, 1.807) is 7.05 Å². The summed E-state index contributed by atoms with van der Waals surface area (Å²) in [6, 6.07) is 0. The molecule has 1 unspecified atom stereocenters. The Hall–Kier alpha value is -1.28. The van der Waals surface area contributed by atoms with E-state index in [0.29, 0.717) is 23.4 Å². The van der Waals surface area contributed by atoms with Gasteiger partial charge in [0.15, 0.2) is 5.16 Å². The highest BCUT2D eigenvalue weighted by Crippen LogP contribution is 2.42. The second-order valence-electron chi connectivity index (χ2n) is 4.93. The molecule has 1 aromatic heterocycles. The van der Waals surface area contributed by atoms with Crippen LogP contribution in [0.4, 0.5) is 0 Å². The molecule has 20 heavy (non-hydrogen) atoms. The van der Waals surface area contributed by atoms with E-state index in [0.717, 1.165) is 12.8 Å². The fraction of sp³-hybridized carbons (Fsp3) is 0.750. The Morgan fingerprint density at radius 3 is 2.80 bits per heavy atom. The van der Waals surface area contributed by atoms with Crippen molar-refractivity contribution in [2.45, 2.75) is 30.5 Å². The number of carbonyl (C=O) groups excluding carboxylic acids is 1. The van der Waals surface area contributed by atoms with E-state index in [4.69, 9.17) is 4.74 Å². The Labute approximate surface area is 121 Å². The van der Waals surface area contributed by atoms with E-state index in [-0.39, 0.29) is 11.7 Å². The van der Waals surface area contributed by atoms with E-state index >= 15 is 0 Å². The third-order valence-corrected chi connectivity index (χ3v) is 4.81. The Kier molecular flexibility index (Phi) is 4.54. The minimum absolute atomic E-state index is 0.241. The number of likely N-dealkylation sites (N-methyl/N-ethyl adjacent to an activating group) is 1. The zero-order valence-corrected chi connectivity index (χ0v) is 12.7. The first-order valence-corrected chi connectivity index (χ1v) is 7.61. The number of esters is 1. The predicted octanol–water partition coefficient (Wildman–Crippen LogP) is 0.132. The molecule has 7 nitrogen and oxygen atoms in total. The van der Waals surface area contributed by atoms with Crippen LogP contribution in [0.1, 0.15) is 19.8 Å². The molecule has 0 radical (unpaired) electrons. The molecule has 1 saturated carbocycles. The largest absolute Gasteiger partial charge is 0.468 e. The molecule has 0 spiro atoms. The number of hydrogen-bond acceptors (Lipinski definition) is 6. The molecule has 0 aromatic carbocycles. The molecule has 0 bridgehead atoms. The molecule has 112 valence electrons. The number of H-pyrrole nitrogens is 1. The first-order chi connectivity index (χ1) is 9.55. The van der Waals surface area contributed by atoms with Gasteiger partial charge in [0.25, 0.3) is 0 Å². The summed E-state index contributed by atoms with van der Waals surface area (Å²) in [6.45, 7) is 2.65. The molecule has 8 heteroatoms. The average Bonchev–Trinajstić information content (AvgIpc) is 3.24. The van der Waals surface area contributed by atoms with Gasteiger partial charge in [-0.25, -0.2) is 9.89 Å². The maximum atomic E-state index is 12.2. The number of methoxy groups -OCH3 is 1. The lowest BCUT2D eigenvalue weighted by atomic mass is 9.95. The highest BCUT2D eigenvalue weighted by atomic mass is 32.2. The van der Waals surface area contributed by atoms with Crippen LogP contribution in [0.3, 0.4) is 0 Å². The number of hydrogen-bond donors (Lipinski definition) is 2. The Balaban J connectivity index is 2.17. The highest BCUT2D eigenvalue weighted by molar-refractivity contribution is 7.99. The quantitative estimate of drug-likeness (QED) is 0.550. The van der Waals surface area contributed by atoms with Crippen molar-refractivity contribution in [3.8, 4) is 0 Å². The maximum absolute atomic E-state index is 12.2. The van der Waals surface area contributed by atoms with Crippen molar-refractivity contribution < 1.29 is 9.53 Å². The SMILES string of the molecule is CCNC(CSc1n[nH]c(=O)n1C)(C(=O)OC)C1CC1. The lowest BCUT2D eigenvalue weighted by Crippen LogP contribution is -2.56. The lowest BCUT2D eigenvalue weighted by Gasteiger charge is -2.31. The lowest BCUT2D eigenvalue weighted by molar-refractivity contribution is -0.148. The smallest absolute Gasteiger partial charge is 0.343 e. The number of nitrogens with one attached hydrogen (secondary N) is 2. The first-order valence-electron chi connectivity index (χ1n) is 6.62. The zero-order chi connectivity index (χ0) is 14.8. The number of ether oxygens (including phenoxy) is 1. The monoisotopic (exact) mass is 300 g/mol. The molecular formula is C12H20N4O3S. The summed E-state index contributed by atoms with van der Waals surface area (Å²) < 4.78 is 6.42. The molecule has 2 rings (SSSR count). The molecule has 1 atom stereocenters. The topological polar surface area (TPSA) is 89.0 Å². The molecule has 1 fully saturated rings. The second-order valence-corrected chi connectivity index (χ2v) is 5.87.